The van der Waals surface area contributed by atoms with E-state index in [1.54, 1.807) is 0 Å². The molecule has 25 heavy (non-hydrogen) atoms. The number of carbonyl (C=O) groups excluding carboxylic acids is 2. The molecular weight excluding hydrogens is 314 g/mol. The van der Waals surface area contributed by atoms with E-state index in [1.165, 1.54) is 25.9 Å². The van der Waals surface area contributed by atoms with E-state index in [-0.39, 0.29) is 18.4 Å². The van der Waals surface area contributed by atoms with E-state index in [9.17, 15) is 9.59 Å². The molecule has 0 unspecified atom stereocenters. The maximum absolute atomic E-state index is 12.1. The van der Waals surface area contributed by atoms with Crippen LogP contribution in [-0.2, 0) is 4.79 Å². The number of hydrogen-bond acceptors (Lipinski definition) is 3. The second-order valence-electron chi connectivity index (χ2n) is 7.29. The van der Waals surface area contributed by atoms with Gasteiger partial charge < -0.3 is 15.5 Å². The Morgan fingerprint density at radius 2 is 1.72 bits per heavy atom. The zero-order chi connectivity index (χ0) is 18.2. The number of benzene rings is 1. The SMILES string of the molecule is Cc1cc(C)cc(C(=O)NCC(=O)NCCCN2CCC(C)CC2)c1. The van der Waals surface area contributed by atoms with Crippen LogP contribution in [0.5, 0.6) is 0 Å². The molecule has 0 aliphatic carbocycles. The van der Waals surface area contributed by atoms with Crippen LogP contribution in [0.15, 0.2) is 18.2 Å². The van der Waals surface area contributed by atoms with Gasteiger partial charge in [0.25, 0.3) is 5.91 Å². The Bertz CT molecular complexity index is 572. The van der Waals surface area contributed by atoms with Crippen molar-refractivity contribution in [1.82, 2.24) is 15.5 Å². The van der Waals surface area contributed by atoms with Gasteiger partial charge in [0, 0.05) is 12.1 Å². The molecule has 0 radical (unpaired) electrons. The van der Waals surface area contributed by atoms with Crippen molar-refractivity contribution in [2.24, 2.45) is 5.92 Å². The predicted octanol–water partition coefficient (Wildman–Crippen LogP) is 2.27. The fourth-order valence-electron chi connectivity index (χ4n) is 3.25. The van der Waals surface area contributed by atoms with Gasteiger partial charge in [-0.3, -0.25) is 9.59 Å². The minimum Gasteiger partial charge on any atom is -0.355 e. The lowest BCUT2D eigenvalue weighted by atomic mass is 9.99. The molecule has 0 atom stereocenters. The molecule has 5 heteroatoms. The maximum atomic E-state index is 12.1. The standard InChI is InChI=1S/C20H31N3O2/c1-15-5-9-23(10-6-15)8-4-7-21-19(24)14-22-20(25)18-12-16(2)11-17(3)13-18/h11-13,15H,4-10,14H2,1-3H3,(H,21,24)(H,22,25). The first-order chi connectivity index (χ1) is 11.9. The third-order valence-electron chi connectivity index (χ3n) is 4.74. The van der Waals surface area contributed by atoms with Gasteiger partial charge in [0.1, 0.15) is 0 Å². The van der Waals surface area contributed by atoms with Crippen LogP contribution in [0.4, 0.5) is 0 Å². The summed E-state index contributed by atoms with van der Waals surface area (Å²) in [5.74, 6) is 0.506. The van der Waals surface area contributed by atoms with E-state index >= 15 is 0 Å². The summed E-state index contributed by atoms with van der Waals surface area (Å²) in [6.07, 6.45) is 3.50. The zero-order valence-corrected chi connectivity index (χ0v) is 15.7. The Balaban J connectivity index is 1.61. The van der Waals surface area contributed by atoms with Crippen molar-refractivity contribution in [3.63, 3.8) is 0 Å². The molecule has 0 aromatic heterocycles. The summed E-state index contributed by atoms with van der Waals surface area (Å²) in [6, 6.07) is 5.69. The number of aryl methyl sites for hydroxylation is 2. The Kier molecular flexibility index (Phi) is 7.44. The van der Waals surface area contributed by atoms with E-state index in [0.717, 1.165) is 30.0 Å². The minimum absolute atomic E-state index is 0.0209. The lowest BCUT2D eigenvalue weighted by molar-refractivity contribution is -0.120. The van der Waals surface area contributed by atoms with E-state index in [4.69, 9.17) is 0 Å². The van der Waals surface area contributed by atoms with Gasteiger partial charge in [-0.2, -0.15) is 0 Å². The third-order valence-corrected chi connectivity index (χ3v) is 4.74. The van der Waals surface area contributed by atoms with Gasteiger partial charge in [0.05, 0.1) is 6.54 Å². The lowest BCUT2D eigenvalue weighted by Gasteiger charge is -2.30. The molecule has 2 rings (SSSR count). The van der Waals surface area contributed by atoms with Gasteiger partial charge in [-0.05, 0) is 70.8 Å². The highest BCUT2D eigenvalue weighted by Gasteiger charge is 2.15. The van der Waals surface area contributed by atoms with Crippen LogP contribution in [0.1, 0.15) is 47.7 Å². The van der Waals surface area contributed by atoms with Crippen molar-refractivity contribution in [2.75, 3.05) is 32.7 Å². The number of nitrogens with one attached hydrogen (secondary N) is 2. The second-order valence-corrected chi connectivity index (χ2v) is 7.29. The Morgan fingerprint density at radius 3 is 2.36 bits per heavy atom. The van der Waals surface area contributed by atoms with Crippen LogP contribution in [-0.4, -0.2) is 49.4 Å². The first-order valence-corrected chi connectivity index (χ1v) is 9.29. The third kappa shape index (κ3) is 6.86. The van der Waals surface area contributed by atoms with Crippen molar-refractivity contribution in [2.45, 2.75) is 40.0 Å². The highest BCUT2D eigenvalue weighted by molar-refractivity contribution is 5.96. The fraction of sp³-hybridized carbons (Fsp3) is 0.600. The molecule has 1 saturated heterocycles. The highest BCUT2D eigenvalue weighted by atomic mass is 16.2. The van der Waals surface area contributed by atoms with Crippen molar-refractivity contribution in [3.05, 3.63) is 34.9 Å². The van der Waals surface area contributed by atoms with Crippen molar-refractivity contribution in [1.29, 1.82) is 0 Å². The van der Waals surface area contributed by atoms with Gasteiger partial charge in [-0.15, -0.1) is 0 Å². The number of nitrogens with zero attached hydrogens (tertiary/aromatic N) is 1. The number of amides is 2. The molecule has 1 aromatic rings. The van der Waals surface area contributed by atoms with E-state index in [1.807, 2.05) is 32.0 Å². The molecule has 2 N–H and O–H groups in total. The smallest absolute Gasteiger partial charge is 0.251 e. The molecule has 0 saturated carbocycles. The summed E-state index contributed by atoms with van der Waals surface area (Å²) in [5, 5.41) is 5.57. The monoisotopic (exact) mass is 345 g/mol. The maximum Gasteiger partial charge on any atom is 0.251 e. The molecule has 0 spiro atoms. The molecule has 1 aliphatic heterocycles. The van der Waals surface area contributed by atoms with Crippen LogP contribution in [0.25, 0.3) is 0 Å². The molecule has 2 amide bonds. The molecule has 1 aliphatic rings. The Hall–Kier alpha value is -1.88. The summed E-state index contributed by atoms with van der Waals surface area (Å²) in [6.45, 7) is 10.3. The van der Waals surface area contributed by atoms with Gasteiger partial charge in [0.2, 0.25) is 5.91 Å². The molecule has 5 nitrogen and oxygen atoms in total. The normalized spacial score (nSPS) is 15.8. The average molecular weight is 345 g/mol. The summed E-state index contributed by atoms with van der Waals surface area (Å²) >= 11 is 0. The highest BCUT2D eigenvalue weighted by Crippen LogP contribution is 2.15. The van der Waals surface area contributed by atoms with Crippen LogP contribution in [0, 0.1) is 19.8 Å². The van der Waals surface area contributed by atoms with Crippen LogP contribution >= 0.6 is 0 Å². The topological polar surface area (TPSA) is 61.4 Å². The molecular formula is C20H31N3O2. The van der Waals surface area contributed by atoms with E-state index in [0.29, 0.717) is 12.1 Å². The first-order valence-electron chi connectivity index (χ1n) is 9.29. The summed E-state index contributed by atoms with van der Waals surface area (Å²) < 4.78 is 0. The second kappa shape index (κ2) is 9.56. The number of rotatable bonds is 7. The predicted molar refractivity (Wildman–Crippen MR) is 101 cm³/mol. The zero-order valence-electron chi connectivity index (χ0n) is 15.7. The molecule has 1 heterocycles. The molecule has 1 fully saturated rings. The fourth-order valence-corrected chi connectivity index (χ4v) is 3.25. The van der Waals surface area contributed by atoms with Crippen molar-refractivity contribution >= 4 is 11.8 Å². The summed E-state index contributed by atoms with van der Waals surface area (Å²) in [4.78, 5) is 26.5. The number of hydrogen-bond donors (Lipinski definition) is 2. The first kappa shape index (κ1) is 19.4. The van der Waals surface area contributed by atoms with Crippen LogP contribution < -0.4 is 10.6 Å². The Morgan fingerprint density at radius 1 is 1.08 bits per heavy atom. The minimum atomic E-state index is -0.204. The summed E-state index contributed by atoms with van der Waals surface area (Å²) in [5.41, 5.74) is 2.69. The van der Waals surface area contributed by atoms with Gasteiger partial charge in [0.15, 0.2) is 0 Å². The van der Waals surface area contributed by atoms with E-state index in [2.05, 4.69) is 22.5 Å². The lowest BCUT2D eigenvalue weighted by Crippen LogP contribution is -2.39. The largest absolute Gasteiger partial charge is 0.355 e. The molecule has 0 bridgehead atoms. The summed E-state index contributed by atoms with van der Waals surface area (Å²) in [7, 11) is 0. The van der Waals surface area contributed by atoms with Gasteiger partial charge >= 0.3 is 0 Å². The van der Waals surface area contributed by atoms with Crippen LogP contribution in [0.2, 0.25) is 0 Å². The van der Waals surface area contributed by atoms with Crippen molar-refractivity contribution < 1.29 is 9.59 Å². The quantitative estimate of drug-likeness (QED) is 0.745. The van der Waals surface area contributed by atoms with Crippen LogP contribution in [0.3, 0.4) is 0 Å². The average Bonchev–Trinajstić information content (AvgIpc) is 2.57. The van der Waals surface area contributed by atoms with E-state index < -0.39 is 0 Å². The number of piperidine rings is 1. The van der Waals surface area contributed by atoms with Crippen molar-refractivity contribution in [3.8, 4) is 0 Å². The number of carbonyl (C=O) groups is 2. The molecule has 1 aromatic carbocycles. The van der Waals surface area contributed by atoms with Gasteiger partial charge in [-0.25, -0.2) is 0 Å². The number of likely N-dealkylation sites (tertiary alicyclic amines) is 1. The van der Waals surface area contributed by atoms with Gasteiger partial charge in [-0.1, -0.05) is 24.1 Å². The Labute approximate surface area is 151 Å². The molecule has 138 valence electrons.